The van der Waals surface area contributed by atoms with Crippen molar-refractivity contribution in [1.82, 2.24) is 5.32 Å². The van der Waals surface area contributed by atoms with Gasteiger partial charge in [-0.2, -0.15) is 0 Å². The van der Waals surface area contributed by atoms with Gasteiger partial charge in [-0.1, -0.05) is 0 Å². The second kappa shape index (κ2) is 4.54. The standard InChI is InChI=1S/C6H12N2O2.ClH/c1-10-6(9)5-2-4(7)3-8-5;/h4-5,8H,2-3,7H2,1H3;1H/t4?,5-;/m0./s1. The van der Waals surface area contributed by atoms with Crippen LogP contribution in [0.1, 0.15) is 6.42 Å². The minimum Gasteiger partial charge on any atom is -0.468 e. The normalized spacial score (nSPS) is 29.3. The summed E-state index contributed by atoms with van der Waals surface area (Å²) in [6.07, 6.45) is 0.687. The summed E-state index contributed by atoms with van der Waals surface area (Å²) in [5.41, 5.74) is 5.55. The third-order valence-electron chi connectivity index (χ3n) is 1.65. The van der Waals surface area contributed by atoms with Crippen molar-refractivity contribution in [3.05, 3.63) is 0 Å². The lowest BCUT2D eigenvalue weighted by atomic mass is 10.2. The maximum atomic E-state index is 10.8. The molecule has 0 amide bonds. The van der Waals surface area contributed by atoms with Gasteiger partial charge in [-0.15, -0.1) is 12.4 Å². The second-order valence-corrected chi connectivity index (χ2v) is 2.48. The Morgan fingerprint density at radius 1 is 1.73 bits per heavy atom. The number of nitrogens with two attached hydrogens (primary N) is 1. The Bertz CT molecular complexity index is 143. The van der Waals surface area contributed by atoms with Gasteiger partial charge >= 0.3 is 5.97 Å². The average Bonchev–Trinajstić information content (AvgIpc) is 2.34. The van der Waals surface area contributed by atoms with Crippen molar-refractivity contribution in [3.63, 3.8) is 0 Å². The summed E-state index contributed by atoms with van der Waals surface area (Å²) >= 11 is 0. The van der Waals surface area contributed by atoms with Crippen LogP contribution >= 0.6 is 12.4 Å². The number of methoxy groups -OCH3 is 1. The first-order valence-electron chi connectivity index (χ1n) is 3.31. The fraction of sp³-hybridized carbons (Fsp3) is 0.833. The molecule has 0 aromatic rings. The Kier molecular flexibility index (Phi) is 4.40. The van der Waals surface area contributed by atoms with Crippen LogP contribution in [0.2, 0.25) is 0 Å². The molecule has 0 radical (unpaired) electrons. The lowest BCUT2D eigenvalue weighted by molar-refractivity contribution is -0.142. The van der Waals surface area contributed by atoms with Gasteiger partial charge in [-0.05, 0) is 6.42 Å². The SMILES string of the molecule is COC(=O)[C@@H]1CC(N)CN1.Cl. The van der Waals surface area contributed by atoms with Crippen LogP contribution in [-0.2, 0) is 9.53 Å². The van der Waals surface area contributed by atoms with Crippen molar-refractivity contribution in [3.8, 4) is 0 Å². The van der Waals surface area contributed by atoms with E-state index in [1.54, 1.807) is 0 Å². The van der Waals surface area contributed by atoms with Gasteiger partial charge in [0.1, 0.15) is 6.04 Å². The van der Waals surface area contributed by atoms with Crippen molar-refractivity contribution < 1.29 is 9.53 Å². The van der Waals surface area contributed by atoms with E-state index in [0.717, 1.165) is 0 Å². The van der Waals surface area contributed by atoms with E-state index in [1.807, 2.05) is 0 Å². The molecule has 0 bridgehead atoms. The van der Waals surface area contributed by atoms with E-state index < -0.39 is 0 Å². The van der Waals surface area contributed by atoms with Crippen LogP contribution in [0, 0.1) is 0 Å². The molecule has 66 valence electrons. The quantitative estimate of drug-likeness (QED) is 0.523. The second-order valence-electron chi connectivity index (χ2n) is 2.48. The highest BCUT2D eigenvalue weighted by Crippen LogP contribution is 2.04. The molecule has 1 aliphatic heterocycles. The van der Waals surface area contributed by atoms with Crippen LogP contribution < -0.4 is 11.1 Å². The van der Waals surface area contributed by atoms with Gasteiger partial charge in [-0.3, -0.25) is 4.79 Å². The zero-order valence-corrected chi connectivity index (χ0v) is 7.19. The Balaban J connectivity index is 0.000001000. The zero-order chi connectivity index (χ0) is 7.56. The number of nitrogens with one attached hydrogen (secondary N) is 1. The predicted molar refractivity (Wildman–Crippen MR) is 43.6 cm³/mol. The molecule has 3 N–H and O–H groups in total. The van der Waals surface area contributed by atoms with Crippen LogP contribution in [0.4, 0.5) is 0 Å². The van der Waals surface area contributed by atoms with Crippen LogP contribution in [0.15, 0.2) is 0 Å². The van der Waals surface area contributed by atoms with E-state index in [2.05, 4.69) is 10.1 Å². The summed E-state index contributed by atoms with van der Waals surface area (Å²) in [6.45, 7) is 0.708. The number of halogens is 1. The minimum atomic E-state index is -0.215. The van der Waals surface area contributed by atoms with Gasteiger partial charge < -0.3 is 15.8 Å². The number of rotatable bonds is 1. The van der Waals surface area contributed by atoms with Crippen molar-refractivity contribution in [1.29, 1.82) is 0 Å². The molecular formula is C6H13ClN2O2. The highest BCUT2D eigenvalue weighted by atomic mass is 35.5. The summed E-state index contributed by atoms with van der Waals surface area (Å²) < 4.78 is 4.53. The molecule has 1 rings (SSSR count). The Labute approximate surface area is 71.9 Å². The summed E-state index contributed by atoms with van der Waals surface area (Å²) in [7, 11) is 1.38. The molecule has 4 nitrogen and oxygen atoms in total. The first-order chi connectivity index (χ1) is 4.74. The molecule has 0 spiro atoms. The summed E-state index contributed by atoms with van der Waals surface area (Å²) in [4.78, 5) is 10.8. The van der Waals surface area contributed by atoms with Crippen LogP contribution in [0.3, 0.4) is 0 Å². The maximum Gasteiger partial charge on any atom is 0.322 e. The molecule has 11 heavy (non-hydrogen) atoms. The van der Waals surface area contributed by atoms with E-state index in [0.29, 0.717) is 13.0 Å². The minimum absolute atomic E-state index is 0. The molecule has 1 aliphatic rings. The monoisotopic (exact) mass is 180 g/mol. The molecular weight excluding hydrogens is 168 g/mol. The van der Waals surface area contributed by atoms with E-state index >= 15 is 0 Å². The maximum absolute atomic E-state index is 10.8. The molecule has 0 aromatic carbocycles. The van der Waals surface area contributed by atoms with Gasteiger partial charge in [0.15, 0.2) is 0 Å². The van der Waals surface area contributed by atoms with Gasteiger partial charge in [0.2, 0.25) is 0 Å². The summed E-state index contributed by atoms with van der Waals surface area (Å²) in [6, 6.07) is -0.0795. The first-order valence-corrected chi connectivity index (χ1v) is 3.31. The van der Waals surface area contributed by atoms with Crippen LogP contribution in [-0.4, -0.2) is 31.7 Å². The first kappa shape index (κ1) is 10.7. The number of ether oxygens (including phenoxy) is 1. The number of hydrogen-bond donors (Lipinski definition) is 2. The van der Waals surface area contributed by atoms with Crippen LogP contribution in [0.5, 0.6) is 0 Å². The van der Waals surface area contributed by atoms with Crippen LogP contribution in [0.25, 0.3) is 0 Å². The van der Waals surface area contributed by atoms with Crippen molar-refractivity contribution in [2.75, 3.05) is 13.7 Å². The summed E-state index contributed by atoms with van der Waals surface area (Å²) in [5.74, 6) is -0.215. The molecule has 1 unspecified atom stereocenters. The Hall–Kier alpha value is -0.320. The van der Waals surface area contributed by atoms with Crippen molar-refractivity contribution >= 4 is 18.4 Å². The topological polar surface area (TPSA) is 64.3 Å². The molecule has 1 fully saturated rings. The molecule has 0 saturated carbocycles. The number of esters is 1. The van der Waals surface area contributed by atoms with Gasteiger partial charge in [0, 0.05) is 12.6 Å². The van der Waals surface area contributed by atoms with E-state index in [1.165, 1.54) is 7.11 Å². The fourth-order valence-electron chi connectivity index (χ4n) is 1.08. The van der Waals surface area contributed by atoms with Gasteiger partial charge in [-0.25, -0.2) is 0 Å². The van der Waals surface area contributed by atoms with Gasteiger partial charge in [0.05, 0.1) is 7.11 Å². The Morgan fingerprint density at radius 2 is 2.36 bits per heavy atom. The lowest BCUT2D eigenvalue weighted by Crippen LogP contribution is -2.31. The third-order valence-corrected chi connectivity index (χ3v) is 1.65. The molecule has 1 saturated heterocycles. The molecule has 0 aliphatic carbocycles. The molecule has 2 atom stereocenters. The van der Waals surface area contributed by atoms with Crippen molar-refractivity contribution in [2.24, 2.45) is 5.73 Å². The predicted octanol–water partition coefficient (Wildman–Crippen LogP) is -0.730. The fourth-order valence-corrected chi connectivity index (χ4v) is 1.08. The third kappa shape index (κ3) is 2.65. The zero-order valence-electron chi connectivity index (χ0n) is 6.37. The number of carbonyl (C=O) groups is 1. The molecule has 1 heterocycles. The molecule has 0 aromatic heterocycles. The largest absolute Gasteiger partial charge is 0.468 e. The van der Waals surface area contributed by atoms with E-state index in [9.17, 15) is 4.79 Å². The lowest BCUT2D eigenvalue weighted by Gasteiger charge is -2.05. The summed E-state index contributed by atoms with van der Waals surface area (Å²) in [5, 5.41) is 2.96. The average molecular weight is 181 g/mol. The Morgan fingerprint density at radius 3 is 2.73 bits per heavy atom. The highest BCUT2D eigenvalue weighted by molar-refractivity contribution is 5.85. The number of hydrogen-bond acceptors (Lipinski definition) is 4. The van der Waals surface area contributed by atoms with E-state index in [-0.39, 0.29) is 30.5 Å². The highest BCUT2D eigenvalue weighted by Gasteiger charge is 2.27. The smallest absolute Gasteiger partial charge is 0.322 e. The van der Waals surface area contributed by atoms with Crippen molar-refractivity contribution in [2.45, 2.75) is 18.5 Å². The van der Waals surface area contributed by atoms with E-state index in [4.69, 9.17) is 5.73 Å². The van der Waals surface area contributed by atoms with Gasteiger partial charge in [0.25, 0.3) is 0 Å². The molecule has 5 heteroatoms. The number of carbonyl (C=O) groups excluding carboxylic acids is 1.